The molecule has 0 amide bonds. The van der Waals surface area contributed by atoms with Gasteiger partial charge in [0.05, 0.1) is 12.5 Å². The molecule has 0 saturated heterocycles. The Morgan fingerprint density at radius 1 is 1.40 bits per heavy atom. The van der Waals surface area contributed by atoms with Crippen LogP contribution in [-0.4, -0.2) is 21.5 Å². The summed E-state index contributed by atoms with van der Waals surface area (Å²) in [4.78, 5) is 14.5. The fraction of sp³-hybridized carbons (Fsp3) is 0.231. The summed E-state index contributed by atoms with van der Waals surface area (Å²) >= 11 is 3.30. The van der Waals surface area contributed by atoms with E-state index in [-0.39, 0.29) is 0 Å². The molecule has 0 atom stereocenters. The molecule has 0 saturated carbocycles. The van der Waals surface area contributed by atoms with Gasteiger partial charge in [-0.15, -0.1) is 0 Å². The summed E-state index contributed by atoms with van der Waals surface area (Å²) in [6.45, 7) is 1.10. The largest absolute Gasteiger partial charge is 0.383 e. The number of aromatic nitrogens is 3. The Balaban J connectivity index is 2.25. The summed E-state index contributed by atoms with van der Waals surface area (Å²) in [6.07, 6.45) is 3.88. The normalized spacial score (nSPS) is 10.0. The van der Waals surface area contributed by atoms with Crippen molar-refractivity contribution in [1.29, 1.82) is 5.26 Å². The number of rotatable bonds is 5. The molecule has 0 aliphatic heterocycles. The fourth-order valence-corrected chi connectivity index (χ4v) is 2.10. The van der Waals surface area contributed by atoms with Gasteiger partial charge in [0.25, 0.3) is 0 Å². The molecule has 20 heavy (non-hydrogen) atoms. The number of hydrogen-bond donors (Lipinski definition) is 1. The van der Waals surface area contributed by atoms with Gasteiger partial charge in [-0.05, 0) is 27.6 Å². The van der Waals surface area contributed by atoms with Crippen molar-refractivity contribution in [3.05, 3.63) is 40.8 Å². The SMILES string of the molecule is N#CCCN(Cc1cccnc1)c1nc(N)cc(Br)n1. The predicted molar refractivity (Wildman–Crippen MR) is 79.7 cm³/mol. The van der Waals surface area contributed by atoms with Gasteiger partial charge in [-0.3, -0.25) is 4.98 Å². The Labute approximate surface area is 125 Å². The minimum Gasteiger partial charge on any atom is -0.383 e. The number of nitriles is 1. The molecule has 0 aliphatic carbocycles. The smallest absolute Gasteiger partial charge is 0.228 e. The number of anilines is 2. The molecule has 6 nitrogen and oxygen atoms in total. The van der Waals surface area contributed by atoms with Gasteiger partial charge in [-0.2, -0.15) is 10.2 Å². The Hall–Kier alpha value is -2.20. The lowest BCUT2D eigenvalue weighted by molar-refractivity contribution is 0.761. The van der Waals surface area contributed by atoms with E-state index in [0.717, 1.165) is 5.56 Å². The molecule has 0 bridgehead atoms. The highest BCUT2D eigenvalue weighted by Gasteiger charge is 2.12. The maximum Gasteiger partial charge on any atom is 0.228 e. The highest BCUT2D eigenvalue weighted by molar-refractivity contribution is 9.10. The molecule has 102 valence electrons. The average Bonchev–Trinajstić information content (AvgIpc) is 2.43. The second-order valence-corrected chi connectivity index (χ2v) is 4.92. The summed E-state index contributed by atoms with van der Waals surface area (Å²) in [5, 5.41) is 8.77. The van der Waals surface area contributed by atoms with Crippen LogP contribution in [0.15, 0.2) is 35.2 Å². The molecule has 2 aromatic heterocycles. The van der Waals surface area contributed by atoms with Crippen molar-refractivity contribution in [3.8, 4) is 6.07 Å². The number of nitrogens with zero attached hydrogens (tertiary/aromatic N) is 5. The van der Waals surface area contributed by atoms with E-state index in [1.165, 1.54) is 0 Å². The maximum atomic E-state index is 8.77. The van der Waals surface area contributed by atoms with Crippen LogP contribution in [0.2, 0.25) is 0 Å². The number of nitrogens with two attached hydrogens (primary N) is 1. The number of pyridine rings is 1. The monoisotopic (exact) mass is 332 g/mol. The molecule has 0 unspecified atom stereocenters. The van der Waals surface area contributed by atoms with Gasteiger partial charge in [-0.1, -0.05) is 6.07 Å². The lowest BCUT2D eigenvalue weighted by atomic mass is 10.2. The van der Waals surface area contributed by atoms with Crippen molar-refractivity contribution < 1.29 is 0 Å². The van der Waals surface area contributed by atoms with E-state index in [1.807, 2.05) is 17.0 Å². The van der Waals surface area contributed by atoms with Crippen LogP contribution in [0.25, 0.3) is 0 Å². The highest BCUT2D eigenvalue weighted by Crippen LogP contribution is 2.18. The van der Waals surface area contributed by atoms with Crippen LogP contribution in [0, 0.1) is 11.3 Å². The van der Waals surface area contributed by atoms with Gasteiger partial charge in [0.15, 0.2) is 0 Å². The van der Waals surface area contributed by atoms with Gasteiger partial charge in [0.1, 0.15) is 10.4 Å². The van der Waals surface area contributed by atoms with Crippen molar-refractivity contribution in [2.75, 3.05) is 17.2 Å². The second-order valence-electron chi connectivity index (χ2n) is 4.11. The third-order valence-electron chi connectivity index (χ3n) is 2.58. The molecule has 0 radical (unpaired) electrons. The van der Waals surface area contributed by atoms with E-state index in [0.29, 0.717) is 35.9 Å². The molecule has 2 heterocycles. The van der Waals surface area contributed by atoms with E-state index in [4.69, 9.17) is 11.0 Å². The van der Waals surface area contributed by atoms with Crippen LogP contribution in [-0.2, 0) is 6.54 Å². The van der Waals surface area contributed by atoms with E-state index in [1.54, 1.807) is 18.5 Å². The zero-order valence-corrected chi connectivity index (χ0v) is 12.3. The first-order valence-electron chi connectivity index (χ1n) is 6.00. The number of halogens is 1. The number of hydrogen-bond acceptors (Lipinski definition) is 6. The minimum atomic E-state index is 0.384. The quantitative estimate of drug-likeness (QED) is 0.843. The van der Waals surface area contributed by atoms with E-state index in [9.17, 15) is 0 Å². The Bertz CT molecular complexity index is 590. The van der Waals surface area contributed by atoms with Crippen LogP contribution in [0.4, 0.5) is 11.8 Å². The summed E-state index contributed by atoms with van der Waals surface area (Å²) < 4.78 is 0.619. The highest BCUT2D eigenvalue weighted by atomic mass is 79.9. The zero-order valence-electron chi connectivity index (χ0n) is 10.7. The third kappa shape index (κ3) is 3.90. The summed E-state index contributed by atoms with van der Waals surface area (Å²) in [5.41, 5.74) is 6.76. The van der Waals surface area contributed by atoms with Gasteiger partial charge in [-0.25, -0.2) is 4.98 Å². The molecule has 0 aromatic carbocycles. The first-order chi connectivity index (χ1) is 9.69. The van der Waals surface area contributed by atoms with Gasteiger partial charge >= 0.3 is 0 Å². The molecule has 0 aliphatic rings. The van der Waals surface area contributed by atoms with Crippen LogP contribution in [0.3, 0.4) is 0 Å². The van der Waals surface area contributed by atoms with Crippen LogP contribution >= 0.6 is 15.9 Å². The zero-order chi connectivity index (χ0) is 14.4. The first-order valence-corrected chi connectivity index (χ1v) is 6.79. The van der Waals surface area contributed by atoms with Crippen LogP contribution in [0.5, 0.6) is 0 Å². The van der Waals surface area contributed by atoms with E-state index >= 15 is 0 Å². The second kappa shape index (κ2) is 6.82. The molecular formula is C13H13BrN6. The van der Waals surface area contributed by atoms with Gasteiger partial charge in [0.2, 0.25) is 5.95 Å². The van der Waals surface area contributed by atoms with Crippen molar-refractivity contribution >= 4 is 27.7 Å². The lowest BCUT2D eigenvalue weighted by Crippen LogP contribution is -2.26. The Kier molecular flexibility index (Phi) is 4.85. The van der Waals surface area contributed by atoms with E-state index in [2.05, 4.69) is 37.0 Å². The standard InChI is InChI=1S/C13H13BrN6/c14-11-7-12(16)19-13(18-11)20(6-2-4-15)9-10-3-1-5-17-8-10/h1,3,5,7-8H,2,6,9H2,(H2,16,18,19). The van der Waals surface area contributed by atoms with Crippen molar-refractivity contribution in [2.24, 2.45) is 0 Å². The van der Waals surface area contributed by atoms with Crippen molar-refractivity contribution in [2.45, 2.75) is 13.0 Å². The predicted octanol–water partition coefficient (Wildman–Crippen LogP) is 2.14. The Morgan fingerprint density at radius 2 is 2.25 bits per heavy atom. The summed E-state index contributed by atoms with van der Waals surface area (Å²) in [7, 11) is 0. The van der Waals surface area contributed by atoms with Gasteiger partial charge in [0, 0.05) is 31.5 Å². The lowest BCUT2D eigenvalue weighted by Gasteiger charge is -2.21. The summed E-state index contributed by atoms with van der Waals surface area (Å²) in [6, 6.07) is 7.60. The van der Waals surface area contributed by atoms with Crippen molar-refractivity contribution in [3.63, 3.8) is 0 Å². The third-order valence-corrected chi connectivity index (χ3v) is 2.98. The summed E-state index contributed by atoms with van der Waals surface area (Å²) in [5.74, 6) is 0.881. The average molecular weight is 333 g/mol. The molecular weight excluding hydrogens is 320 g/mol. The first kappa shape index (κ1) is 14.2. The van der Waals surface area contributed by atoms with Gasteiger partial charge < -0.3 is 10.6 Å². The molecule has 2 rings (SSSR count). The minimum absolute atomic E-state index is 0.384. The molecule has 0 spiro atoms. The molecule has 0 fully saturated rings. The topological polar surface area (TPSA) is 91.7 Å². The molecule has 7 heteroatoms. The maximum absolute atomic E-state index is 8.77. The van der Waals surface area contributed by atoms with Crippen LogP contribution < -0.4 is 10.6 Å². The molecule has 2 N–H and O–H groups in total. The van der Waals surface area contributed by atoms with Crippen molar-refractivity contribution in [1.82, 2.24) is 15.0 Å². The van der Waals surface area contributed by atoms with Crippen LogP contribution in [0.1, 0.15) is 12.0 Å². The molecule has 2 aromatic rings. The number of nitrogen functional groups attached to an aromatic ring is 1. The fourth-order valence-electron chi connectivity index (χ4n) is 1.71. The Morgan fingerprint density at radius 3 is 2.90 bits per heavy atom. The van der Waals surface area contributed by atoms with E-state index < -0.39 is 0 Å².